The Kier molecular flexibility index (Phi) is 3.85. The Balaban J connectivity index is 2.58. The van der Waals surface area contributed by atoms with Crippen molar-refractivity contribution in [1.82, 2.24) is 10.2 Å². The van der Waals surface area contributed by atoms with E-state index in [1.807, 2.05) is 42.2 Å². The van der Waals surface area contributed by atoms with E-state index in [0.29, 0.717) is 22.9 Å². The summed E-state index contributed by atoms with van der Waals surface area (Å²) in [5.41, 5.74) is 1.89. The van der Waals surface area contributed by atoms with Gasteiger partial charge >= 0.3 is 5.97 Å². The SMILES string of the molecule is CCN1C(=S)NC(C)=C(C(=O)O)C1c1ccccc1. The minimum atomic E-state index is -0.917. The number of carboxylic acid groups (broad SMARTS) is 1. The molecule has 1 unspecified atom stereocenters. The number of carbonyl (C=O) groups is 1. The molecule has 0 fully saturated rings. The van der Waals surface area contributed by atoms with Crippen molar-refractivity contribution in [3.8, 4) is 0 Å². The summed E-state index contributed by atoms with van der Waals surface area (Å²) < 4.78 is 0. The largest absolute Gasteiger partial charge is 0.478 e. The highest BCUT2D eigenvalue weighted by Crippen LogP contribution is 2.33. The second-order valence-corrected chi connectivity index (χ2v) is 4.76. The Hall–Kier alpha value is -1.88. The third-order valence-corrected chi connectivity index (χ3v) is 3.57. The molecule has 0 saturated carbocycles. The summed E-state index contributed by atoms with van der Waals surface area (Å²) in [6.07, 6.45) is 0. The van der Waals surface area contributed by atoms with Gasteiger partial charge in [0.25, 0.3) is 0 Å². The van der Waals surface area contributed by atoms with E-state index in [1.165, 1.54) is 0 Å². The first-order valence-electron chi connectivity index (χ1n) is 6.13. The molecule has 2 N–H and O–H groups in total. The van der Waals surface area contributed by atoms with Crippen LogP contribution >= 0.6 is 12.2 Å². The predicted octanol–water partition coefficient (Wildman–Crippen LogP) is 2.30. The minimum Gasteiger partial charge on any atom is -0.478 e. The van der Waals surface area contributed by atoms with Crippen molar-refractivity contribution in [2.24, 2.45) is 0 Å². The van der Waals surface area contributed by atoms with Crippen LogP contribution in [0.2, 0.25) is 0 Å². The maximum absolute atomic E-state index is 11.5. The predicted molar refractivity (Wildman–Crippen MR) is 77.6 cm³/mol. The van der Waals surface area contributed by atoms with Gasteiger partial charge < -0.3 is 15.3 Å². The molecule has 0 saturated heterocycles. The van der Waals surface area contributed by atoms with Crippen LogP contribution in [0.4, 0.5) is 0 Å². The molecule has 0 bridgehead atoms. The van der Waals surface area contributed by atoms with Crippen LogP contribution in [0.3, 0.4) is 0 Å². The summed E-state index contributed by atoms with van der Waals surface area (Å²) >= 11 is 5.31. The Labute approximate surface area is 117 Å². The topological polar surface area (TPSA) is 52.6 Å². The molecule has 4 nitrogen and oxygen atoms in total. The zero-order valence-electron chi connectivity index (χ0n) is 10.9. The average molecular weight is 276 g/mol. The molecule has 1 aromatic rings. The van der Waals surface area contributed by atoms with E-state index < -0.39 is 5.97 Å². The Bertz CT molecular complexity index is 540. The van der Waals surface area contributed by atoms with Crippen molar-refractivity contribution in [2.45, 2.75) is 19.9 Å². The number of hydrogen-bond acceptors (Lipinski definition) is 2. The van der Waals surface area contributed by atoms with Gasteiger partial charge in [-0.1, -0.05) is 30.3 Å². The molecule has 1 heterocycles. The molecule has 1 aliphatic rings. The minimum absolute atomic E-state index is 0.336. The Morgan fingerprint density at radius 2 is 2.05 bits per heavy atom. The summed E-state index contributed by atoms with van der Waals surface area (Å²) in [6.45, 7) is 4.36. The molecule has 2 rings (SSSR count). The molecule has 1 aromatic carbocycles. The van der Waals surface area contributed by atoms with E-state index in [9.17, 15) is 9.90 Å². The van der Waals surface area contributed by atoms with Gasteiger partial charge in [0.2, 0.25) is 0 Å². The summed E-state index contributed by atoms with van der Waals surface area (Å²) in [5.74, 6) is -0.917. The van der Waals surface area contributed by atoms with Gasteiger partial charge in [-0.2, -0.15) is 0 Å². The van der Waals surface area contributed by atoms with Gasteiger partial charge in [0.15, 0.2) is 5.11 Å². The number of thiocarbonyl (C=S) groups is 1. The standard InChI is InChI=1S/C14H16N2O2S/c1-3-16-12(10-7-5-4-6-8-10)11(13(17)18)9(2)15-14(16)19/h4-8,12H,3H2,1-2H3,(H,15,19)(H,17,18). The Morgan fingerprint density at radius 1 is 1.42 bits per heavy atom. The van der Waals surface area contributed by atoms with Gasteiger partial charge in [-0.25, -0.2) is 4.79 Å². The fourth-order valence-electron chi connectivity index (χ4n) is 2.36. The molecule has 0 amide bonds. The fraction of sp³-hybridized carbons (Fsp3) is 0.286. The van der Waals surface area contributed by atoms with Crippen molar-refractivity contribution in [1.29, 1.82) is 0 Å². The van der Waals surface area contributed by atoms with Crippen molar-refractivity contribution < 1.29 is 9.90 Å². The zero-order chi connectivity index (χ0) is 14.0. The number of allylic oxidation sites excluding steroid dienone is 1. The molecule has 0 radical (unpaired) electrons. The average Bonchev–Trinajstić information content (AvgIpc) is 2.38. The van der Waals surface area contributed by atoms with Crippen molar-refractivity contribution >= 4 is 23.3 Å². The van der Waals surface area contributed by atoms with Gasteiger partial charge in [0.05, 0.1) is 11.6 Å². The van der Waals surface area contributed by atoms with Crippen LogP contribution in [0.25, 0.3) is 0 Å². The monoisotopic (exact) mass is 276 g/mol. The van der Waals surface area contributed by atoms with Crippen molar-refractivity contribution in [2.75, 3.05) is 6.54 Å². The highest BCUT2D eigenvalue weighted by atomic mass is 32.1. The van der Waals surface area contributed by atoms with Gasteiger partial charge in [-0.05, 0) is 31.6 Å². The van der Waals surface area contributed by atoms with Crippen LogP contribution in [0.15, 0.2) is 41.6 Å². The second-order valence-electron chi connectivity index (χ2n) is 4.37. The Morgan fingerprint density at radius 3 is 2.58 bits per heavy atom. The second kappa shape index (κ2) is 5.40. The smallest absolute Gasteiger partial charge is 0.335 e. The fourth-order valence-corrected chi connectivity index (χ4v) is 2.75. The summed E-state index contributed by atoms with van der Waals surface area (Å²) in [6, 6.07) is 9.24. The first-order chi connectivity index (χ1) is 9.06. The highest BCUT2D eigenvalue weighted by Gasteiger charge is 2.34. The van der Waals surface area contributed by atoms with Crippen molar-refractivity contribution in [3.63, 3.8) is 0 Å². The van der Waals surface area contributed by atoms with Gasteiger partial charge in [0, 0.05) is 12.2 Å². The number of carboxylic acids is 1. The van der Waals surface area contributed by atoms with E-state index in [1.54, 1.807) is 6.92 Å². The number of rotatable bonds is 3. The maximum Gasteiger partial charge on any atom is 0.335 e. The molecule has 0 aromatic heterocycles. The summed E-state index contributed by atoms with van der Waals surface area (Å²) in [5, 5.41) is 13.0. The first kappa shape index (κ1) is 13.5. The molecular formula is C14H16N2O2S. The highest BCUT2D eigenvalue weighted by molar-refractivity contribution is 7.80. The number of hydrogen-bond donors (Lipinski definition) is 2. The number of likely N-dealkylation sites (N-methyl/N-ethyl adjacent to an activating group) is 1. The summed E-state index contributed by atoms with van der Waals surface area (Å²) in [4.78, 5) is 13.4. The lowest BCUT2D eigenvalue weighted by molar-refractivity contribution is -0.133. The molecule has 1 atom stereocenters. The quantitative estimate of drug-likeness (QED) is 0.830. The van der Waals surface area contributed by atoms with E-state index >= 15 is 0 Å². The lowest BCUT2D eigenvalue weighted by atomic mass is 9.94. The third kappa shape index (κ3) is 2.46. The van der Waals surface area contributed by atoms with E-state index in [4.69, 9.17) is 12.2 Å². The molecule has 100 valence electrons. The van der Waals surface area contributed by atoms with Gasteiger partial charge in [-0.3, -0.25) is 0 Å². The number of nitrogens with one attached hydrogen (secondary N) is 1. The number of aliphatic carboxylic acids is 1. The molecule has 0 spiro atoms. The molecule has 1 aliphatic heterocycles. The molecule has 5 heteroatoms. The van der Waals surface area contributed by atoms with Gasteiger partial charge in [-0.15, -0.1) is 0 Å². The number of benzene rings is 1. The van der Waals surface area contributed by atoms with Crippen LogP contribution in [0.1, 0.15) is 25.5 Å². The van der Waals surface area contributed by atoms with Gasteiger partial charge in [0.1, 0.15) is 0 Å². The van der Waals surface area contributed by atoms with Crippen LogP contribution < -0.4 is 5.32 Å². The lowest BCUT2D eigenvalue weighted by Gasteiger charge is -2.38. The zero-order valence-corrected chi connectivity index (χ0v) is 11.7. The first-order valence-corrected chi connectivity index (χ1v) is 6.53. The molecule has 0 aliphatic carbocycles. The van der Waals surface area contributed by atoms with E-state index in [2.05, 4.69) is 5.32 Å². The lowest BCUT2D eigenvalue weighted by Crippen LogP contribution is -2.48. The van der Waals surface area contributed by atoms with Crippen LogP contribution in [0.5, 0.6) is 0 Å². The summed E-state index contributed by atoms with van der Waals surface area (Å²) in [7, 11) is 0. The van der Waals surface area contributed by atoms with Crippen molar-refractivity contribution in [3.05, 3.63) is 47.2 Å². The van der Waals surface area contributed by atoms with E-state index in [0.717, 1.165) is 5.56 Å². The molecular weight excluding hydrogens is 260 g/mol. The van der Waals surface area contributed by atoms with E-state index in [-0.39, 0.29) is 6.04 Å². The van der Waals surface area contributed by atoms with Crippen LogP contribution in [-0.2, 0) is 4.79 Å². The third-order valence-electron chi connectivity index (χ3n) is 3.23. The normalized spacial score (nSPS) is 19.4. The molecule has 19 heavy (non-hydrogen) atoms. The van der Waals surface area contributed by atoms with Crippen LogP contribution in [0, 0.1) is 0 Å². The van der Waals surface area contributed by atoms with Crippen LogP contribution in [-0.4, -0.2) is 27.6 Å². The maximum atomic E-state index is 11.5. The number of nitrogens with zero attached hydrogens (tertiary/aromatic N) is 1.